The highest BCUT2D eigenvalue weighted by molar-refractivity contribution is 5.74. The van der Waals surface area contributed by atoms with Gasteiger partial charge in [-0.3, -0.25) is 15.1 Å². The molecule has 0 bridgehead atoms. The Hall–Kier alpha value is -3.28. The molecule has 0 spiro atoms. The first-order valence-electron chi connectivity index (χ1n) is 8.80. The standard InChI is InChI=1S/C20H18N6/c1(14-3-4-17-18(9-14)22-7-6-21-17)2-15-5-8-26-19(13-23-20(26)10-15)16-11-24-25-12-16/h3-9,11-13,15H,1-2,10H2,(H,24,25). The smallest absolute Gasteiger partial charge is 0.113 e. The number of benzene rings is 1. The van der Waals surface area contributed by atoms with Crippen LogP contribution in [0.4, 0.5) is 0 Å². The highest BCUT2D eigenvalue weighted by atomic mass is 15.1. The summed E-state index contributed by atoms with van der Waals surface area (Å²) in [5.74, 6) is 1.61. The number of aryl methyl sites for hydroxylation is 1. The van der Waals surface area contributed by atoms with E-state index in [0.29, 0.717) is 5.92 Å². The molecule has 0 aliphatic carbocycles. The minimum absolute atomic E-state index is 0.500. The van der Waals surface area contributed by atoms with E-state index in [-0.39, 0.29) is 0 Å². The molecule has 1 aromatic carbocycles. The van der Waals surface area contributed by atoms with Crippen LogP contribution in [-0.2, 0) is 12.8 Å². The Morgan fingerprint density at radius 1 is 1.08 bits per heavy atom. The van der Waals surface area contributed by atoms with Crippen molar-refractivity contribution in [3.8, 4) is 11.3 Å². The first kappa shape index (κ1) is 15.0. The third-order valence-corrected chi connectivity index (χ3v) is 4.96. The van der Waals surface area contributed by atoms with Gasteiger partial charge >= 0.3 is 0 Å². The lowest BCUT2D eigenvalue weighted by Gasteiger charge is -2.18. The van der Waals surface area contributed by atoms with Crippen molar-refractivity contribution < 1.29 is 0 Å². The summed E-state index contributed by atoms with van der Waals surface area (Å²) >= 11 is 0. The molecule has 1 aliphatic heterocycles. The number of aromatic amines is 1. The zero-order valence-corrected chi connectivity index (χ0v) is 14.2. The fourth-order valence-corrected chi connectivity index (χ4v) is 3.55. The average Bonchev–Trinajstić information content (AvgIpc) is 3.35. The van der Waals surface area contributed by atoms with E-state index in [0.717, 1.165) is 47.4 Å². The van der Waals surface area contributed by atoms with Crippen molar-refractivity contribution in [1.82, 2.24) is 29.7 Å². The first-order chi connectivity index (χ1) is 12.9. The molecule has 0 fully saturated rings. The lowest BCUT2D eigenvalue weighted by atomic mass is 9.94. The van der Waals surface area contributed by atoms with Gasteiger partial charge in [-0.2, -0.15) is 5.10 Å². The summed E-state index contributed by atoms with van der Waals surface area (Å²) in [5.41, 5.74) is 5.35. The predicted octanol–water partition coefficient (Wildman–Crippen LogP) is 3.49. The fraction of sp³-hybridized carbons (Fsp3) is 0.200. The number of H-pyrrole nitrogens is 1. The van der Waals surface area contributed by atoms with Gasteiger partial charge in [-0.1, -0.05) is 12.1 Å². The number of nitrogens with zero attached hydrogens (tertiary/aromatic N) is 5. The van der Waals surface area contributed by atoms with E-state index in [9.17, 15) is 0 Å². The number of hydrogen-bond acceptors (Lipinski definition) is 4. The van der Waals surface area contributed by atoms with Crippen molar-refractivity contribution in [3.05, 3.63) is 66.6 Å². The van der Waals surface area contributed by atoms with E-state index >= 15 is 0 Å². The third-order valence-electron chi connectivity index (χ3n) is 4.96. The normalized spacial score (nSPS) is 16.1. The van der Waals surface area contributed by atoms with Gasteiger partial charge in [-0.05, 0) is 36.5 Å². The van der Waals surface area contributed by atoms with Crippen molar-refractivity contribution in [2.45, 2.75) is 19.3 Å². The van der Waals surface area contributed by atoms with Gasteiger partial charge in [0.15, 0.2) is 0 Å². The molecule has 26 heavy (non-hydrogen) atoms. The zero-order chi connectivity index (χ0) is 17.3. The van der Waals surface area contributed by atoms with Gasteiger partial charge in [-0.25, -0.2) is 4.98 Å². The Bertz CT molecular complexity index is 1080. The van der Waals surface area contributed by atoms with Gasteiger partial charge in [0.2, 0.25) is 0 Å². The molecule has 4 aromatic rings. The third kappa shape index (κ3) is 2.69. The van der Waals surface area contributed by atoms with Crippen molar-refractivity contribution in [2.24, 2.45) is 5.92 Å². The molecular weight excluding hydrogens is 324 g/mol. The molecular formula is C20H18N6. The second-order valence-corrected chi connectivity index (χ2v) is 6.64. The zero-order valence-electron chi connectivity index (χ0n) is 14.2. The topological polar surface area (TPSA) is 72.3 Å². The van der Waals surface area contributed by atoms with Crippen LogP contribution in [-0.4, -0.2) is 29.7 Å². The van der Waals surface area contributed by atoms with Crippen molar-refractivity contribution in [1.29, 1.82) is 0 Å². The predicted molar refractivity (Wildman–Crippen MR) is 100 cm³/mol. The molecule has 6 nitrogen and oxygen atoms in total. The van der Waals surface area contributed by atoms with Crippen LogP contribution < -0.4 is 0 Å². The number of fused-ring (bicyclic) bond motifs is 2. The number of nitrogens with one attached hydrogen (secondary N) is 1. The van der Waals surface area contributed by atoms with Gasteiger partial charge in [0.25, 0.3) is 0 Å². The Kier molecular flexibility index (Phi) is 3.59. The van der Waals surface area contributed by atoms with Crippen LogP contribution in [0.5, 0.6) is 0 Å². The summed E-state index contributed by atoms with van der Waals surface area (Å²) in [5, 5.41) is 6.89. The molecule has 6 heteroatoms. The quantitative estimate of drug-likeness (QED) is 0.616. The van der Waals surface area contributed by atoms with E-state index in [1.54, 1.807) is 12.4 Å². The number of aromatic nitrogens is 6. The number of hydrogen-bond donors (Lipinski definition) is 1. The van der Waals surface area contributed by atoms with E-state index in [1.165, 1.54) is 5.56 Å². The Labute approximate surface area is 150 Å². The van der Waals surface area contributed by atoms with Crippen LogP contribution in [0.2, 0.25) is 0 Å². The molecule has 0 radical (unpaired) electrons. The van der Waals surface area contributed by atoms with Crippen LogP contribution in [0.25, 0.3) is 28.5 Å². The van der Waals surface area contributed by atoms with Crippen LogP contribution in [0.1, 0.15) is 17.8 Å². The number of imidazole rings is 1. The van der Waals surface area contributed by atoms with Crippen molar-refractivity contribution >= 4 is 17.2 Å². The molecule has 3 aromatic heterocycles. The second kappa shape index (κ2) is 6.22. The summed E-state index contributed by atoms with van der Waals surface area (Å²) in [7, 11) is 0. The van der Waals surface area contributed by atoms with Gasteiger partial charge in [-0.15, -0.1) is 0 Å². The first-order valence-corrected chi connectivity index (χ1v) is 8.80. The average molecular weight is 342 g/mol. The summed E-state index contributed by atoms with van der Waals surface area (Å²) < 4.78 is 2.16. The van der Waals surface area contributed by atoms with Gasteiger partial charge in [0.1, 0.15) is 5.82 Å². The molecule has 128 valence electrons. The second-order valence-electron chi connectivity index (χ2n) is 6.64. The Balaban J connectivity index is 1.30. The SMILES string of the molecule is C1=Cn2c(-c3cn[nH]c3)cnc2CC1CCc1ccc2nccnc2c1. The molecule has 1 aliphatic rings. The summed E-state index contributed by atoms with van der Waals surface area (Å²) in [6.45, 7) is 0. The number of allylic oxidation sites excluding steroid dienone is 1. The van der Waals surface area contributed by atoms with Crippen molar-refractivity contribution in [3.63, 3.8) is 0 Å². The van der Waals surface area contributed by atoms with E-state index < -0.39 is 0 Å². The van der Waals surface area contributed by atoms with E-state index in [1.807, 2.05) is 18.6 Å². The summed E-state index contributed by atoms with van der Waals surface area (Å²) in [4.78, 5) is 13.3. The number of rotatable bonds is 4. The summed E-state index contributed by atoms with van der Waals surface area (Å²) in [6, 6.07) is 6.35. The molecule has 5 rings (SSSR count). The monoisotopic (exact) mass is 342 g/mol. The lowest BCUT2D eigenvalue weighted by Crippen LogP contribution is -2.12. The molecule has 4 heterocycles. The molecule has 0 saturated carbocycles. The maximum absolute atomic E-state index is 4.61. The van der Waals surface area contributed by atoms with E-state index in [2.05, 4.69) is 60.2 Å². The minimum Gasteiger partial charge on any atom is -0.303 e. The largest absolute Gasteiger partial charge is 0.303 e. The highest BCUT2D eigenvalue weighted by Crippen LogP contribution is 2.27. The molecule has 0 amide bonds. The van der Waals surface area contributed by atoms with Crippen LogP contribution in [0, 0.1) is 5.92 Å². The van der Waals surface area contributed by atoms with Gasteiger partial charge < -0.3 is 4.57 Å². The van der Waals surface area contributed by atoms with Gasteiger partial charge in [0.05, 0.1) is 29.1 Å². The summed E-state index contributed by atoms with van der Waals surface area (Å²) in [6.07, 6.45) is 16.6. The molecule has 1 unspecified atom stereocenters. The Morgan fingerprint density at radius 3 is 2.88 bits per heavy atom. The van der Waals surface area contributed by atoms with E-state index in [4.69, 9.17) is 0 Å². The van der Waals surface area contributed by atoms with Crippen LogP contribution in [0.15, 0.2) is 55.3 Å². The lowest BCUT2D eigenvalue weighted by molar-refractivity contribution is 0.558. The fourth-order valence-electron chi connectivity index (χ4n) is 3.55. The molecule has 1 atom stereocenters. The highest BCUT2D eigenvalue weighted by Gasteiger charge is 2.18. The maximum atomic E-state index is 4.61. The minimum atomic E-state index is 0.500. The van der Waals surface area contributed by atoms with Gasteiger partial charge in [0, 0.05) is 36.8 Å². The van der Waals surface area contributed by atoms with Crippen LogP contribution in [0.3, 0.4) is 0 Å². The Morgan fingerprint density at radius 2 is 2.00 bits per heavy atom. The molecule has 0 saturated heterocycles. The maximum Gasteiger partial charge on any atom is 0.113 e. The van der Waals surface area contributed by atoms with Crippen LogP contribution >= 0.6 is 0 Å². The van der Waals surface area contributed by atoms with Crippen molar-refractivity contribution in [2.75, 3.05) is 0 Å². The molecule has 1 N–H and O–H groups in total.